The number of methoxy groups -OCH3 is 1. The Labute approximate surface area is 404 Å². The molecule has 0 saturated carbocycles. The SMILES string of the molecule is C=C1C(=O)N[C@@H](C)C(O)N(C)[C@@H](C)C(=O)N[C@@H]([C@H](OC(=O)[C@@H](NC(=O)CC)[C@H](O)C(C)C)C(C)C)C(=O)N(C)[C@@H]([C@@H](C)OC)C(=O)O[C@H](C)[C@H](NC(C)=O)C(=O)O[C@H](Cc2ccccc2)C(=O)N1C. The van der Waals surface area contributed by atoms with Gasteiger partial charge < -0.3 is 60.2 Å². The Balaban J connectivity index is 2.89. The van der Waals surface area contributed by atoms with Crippen LogP contribution in [-0.2, 0) is 68.5 Å². The van der Waals surface area contributed by atoms with Crippen LogP contribution in [0.3, 0.4) is 0 Å². The number of ether oxygens (including phenoxy) is 4. The van der Waals surface area contributed by atoms with Gasteiger partial charge in [-0.1, -0.05) is 71.5 Å². The Morgan fingerprint density at radius 1 is 0.884 bits per heavy atom. The summed E-state index contributed by atoms with van der Waals surface area (Å²) in [5, 5.41) is 32.5. The van der Waals surface area contributed by atoms with Crippen molar-refractivity contribution in [3.8, 4) is 0 Å². The average Bonchev–Trinajstić information content (AvgIpc) is 3.30. The molecule has 69 heavy (non-hydrogen) atoms. The van der Waals surface area contributed by atoms with E-state index in [1.807, 2.05) is 0 Å². The topological polar surface area (TPSA) is 289 Å². The van der Waals surface area contributed by atoms with Crippen LogP contribution in [0.1, 0.15) is 81.2 Å². The molecule has 2 rings (SSSR count). The summed E-state index contributed by atoms with van der Waals surface area (Å²) in [6.45, 7) is 18.2. The van der Waals surface area contributed by atoms with Crippen molar-refractivity contribution in [1.29, 1.82) is 0 Å². The molecule has 1 aromatic carbocycles. The third-order valence-corrected chi connectivity index (χ3v) is 11.9. The monoisotopic (exact) mass is 976 g/mol. The van der Waals surface area contributed by atoms with E-state index in [0.29, 0.717) is 5.56 Å². The molecule has 1 fully saturated rings. The molecular weight excluding hydrogens is 903 g/mol. The van der Waals surface area contributed by atoms with Crippen LogP contribution in [0.4, 0.5) is 0 Å². The number of cyclic esters (lactones) is 2. The molecule has 1 saturated heterocycles. The predicted molar refractivity (Wildman–Crippen MR) is 249 cm³/mol. The molecule has 0 spiro atoms. The highest BCUT2D eigenvalue weighted by atomic mass is 16.6. The molecule has 1 aromatic rings. The minimum atomic E-state index is -1.83. The number of esters is 3. The van der Waals surface area contributed by atoms with Crippen LogP contribution in [0.2, 0.25) is 0 Å². The lowest BCUT2D eigenvalue weighted by atomic mass is 9.95. The second-order valence-corrected chi connectivity index (χ2v) is 17.9. The summed E-state index contributed by atoms with van der Waals surface area (Å²) in [5.41, 5.74) is 0.107. The van der Waals surface area contributed by atoms with Gasteiger partial charge in [0, 0.05) is 41.0 Å². The van der Waals surface area contributed by atoms with Crippen LogP contribution >= 0.6 is 0 Å². The molecule has 1 aliphatic heterocycles. The number of carbonyl (C=O) groups excluding carboxylic acids is 9. The second-order valence-electron chi connectivity index (χ2n) is 17.9. The quantitative estimate of drug-likeness (QED) is 0.0828. The average molecular weight is 976 g/mol. The van der Waals surface area contributed by atoms with Crippen LogP contribution in [0.25, 0.3) is 0 Å². The maximum atomic E-state index is 15.0. The van der Waals surface area contributed by atoms with E-state index >= 15 is 0 Å². The number of likely N-dealkylation sites (N-methyl/N-ethyl adjacent to an activating group) is 3. The van der Waals surface area contributed by atoms with E-state index in [2.05, 4.69) is 27.8 Å². The number of aliphatic hydroxyl groups is 2. The van der Waals surface area contributed by atoms with Gasteiger partial charge in [-0.15, -0.1) is 0 Å². The van der Waals surface area contributed by atoms with Gasteiger partial charge in [0.2, 0.25) is 23.6 Å². The Morgan fingerprint density at radius 2 is 1.48 bits per heavy atom. The molecule has 22 nitrogen and oxygen atoms in total. The summed E-state index contributed by atoms with van der Waals surface area (Å²) in [6.07, 6.45) is -9.26. The molecule has 0 aromatic heterocycles. The lowest BCUT2D eigenvalue weighted by Gasteiger charge is -2.39. The highest BCUT2D eigenvalue weighted by Gasteiger charge is 2.46. The summed E-state index contributed by atoms with van der Waals surface area (Å²) in [7, 11) is 4.99. The summed E-state index contributed by atoms with van der Waals surface area (Å²) >= 11 is 0. The van der Waals surface area contributed by atoms with Gasteiger partial charge in [-0.25, -0.2) is 14.4 Å². The standard InChI is InChI=1S/C47H73N7O15/c1-16-33(56)50-35(38(57)23(2)3)46(64)69-39(24(4)5)36-44(62)54(14)37(29(10)66-15)47(65)67-28(9)34(49-30(11)55)45(63)68-32(22-31-20-18-17-19-21-31)43(61)53(13)26(7)40(58)48-25(6)42(60)52(12)27(8)41(59)51-36/h17-21,23-25,27-29,32,34-39,42,57,60H,7,16,22H2,1-6,8-15H3,(H,48,58)(H,49,55)(H,50,56)(H,51,59)/t25-,27-,28+,29+,32+,34-,35-,36-,37-,38+,39+,42?/m0/s1. The fourth-order valence-corrected chi connectivity index (χ4v) is 7.21. The molecule has 1 heterocycles. The van der Waals surface area contributed by atoms with Crippen LogP contribution in [0.5, 0.6) is 0 Å². The van der Waals surface area contributed by atoms with Crippen molar-refractivity contribution in [3.05, 3.63) is 48.2 Å². The largest absolute Gasteiger partial charge is 0.458 e. The maximum Gasteiger partial charge on any atom is 0.333 e. The van der Waals surface area contributed by atoms with E-state index in [4.69, 9.17) is 18.9 Å². The van der Waals surface area contributed by atoms with Gasteiger partial charge in [-0.3, -0.25) is 33.7 Å². The molecule has 0 bridgehead atoms. The highest BCUT2D eigenvalue weighted by molar-refractivity contribution is 5.99. The number of nitrogens with zero attached hydrogens (tertiary/aromatic N) is 3. The third-order valence-electron chi connectivity index (χ3n) is 11.9. The van der Waals surface area contributed by atoms with Gasteiger partial charge in [-0.05, 0) is 52.1 Å². The first-order chi connectivity index (χ1) is 32.1. The number of hydrogen-bond donors (Lipinski definition) is 6. The van der Waals surface area contributed by atoms with Crippen molar-refractivity contribution in [3.63, 3.8) is 0 Å². The summed E-state index contributed by atoms with van der Waals surface area (Å²) < 4.78 is 23.0. The highest BCUT2D eigenvalue weighted by Crippen LogP contribution is 2.22. The van der Waals surface area contributed by atoms with Crippen molar-refractivity contribution in [2.24, 2.45) is 11.8 Å². The number of nitrogens with one attached hydrogen (secondary N) is 4. The van der Waals surface area contributed by atoms with E-state index in [9.17, 15) is 53.4 Å². The van der Waals surface area contributed by atoms with Crippen molar-refractivity contribution in [2.75, 3.05) is 28.3 Å². The van der Waals surface area contributed by atoms with Crippen molar-refractivity contribution in [1.82, 2.24) is 36.0 Å². The van der Waals surface area contributed by atoms with E-state index in [1.165, 1.54) is 62.9 Å². The zero-order chi connectivity index (χ0) is 52.8. The van der Waals surface area contributed by atoms with E-state index < -0.39 is 144 Å². The smallest absolute Gasteiger partial charge is 0.333 e. The van der Waals surface area contributed by atoms with Gasteiger partial charge >= 0.3 is 17.9 Å². The summed E-state index contributed by atoms with van der Waals surface area (Å²) in [4.78, 5) is 127. The Kier molecular flexibility index (Phi) is 22.9. The number of rotatable bonds is 13. The van der Waals surface area contributed by atoms with Crippen LogP contribution < -0.4 is 21.3 Å². The minimum absolute atomic E-state index is 0.0511. The minimum Gasteiger partial charge on any atom is -0.458 e. The first-order valence-electron chi connectivity index (χ1n) is 22.8. The zero-order valence-electron chi connectivity index (χ0n) is 42.1. The van der Waals surface area contributed by atoms with Gasteiger partial charge in [0.05, 0.1) is 24.3 Å². The van der Waals surface area contributed by atoms with E-state index in [0.717, 1.165) is 21.6 Å². The summed E-state index contributed by atoms with van der Waals surface area (Å²) in [5.74, 6) is -10.0. The molecule has 0 radical (unpaired) electrons. The fraction of sp³-hybridized carbons (Fsp3) is 0.638. The van der Waals surface area contributed by atoms with Crippen molar-refractivity contribution >= 4 is 53.4 Å². The lowest BCUT2D eigenvalue weighted by molar-refractivity contribution is -0.174. The van der Waals surface area contributed by atoms with Gasteiger partial charge in [0.25, 0.3) is 11.8 Å². The molecule has 12 atom stereocenters. The Hall–Kier alpha value is -5.97. The normalized spacial score (nSPS) is 26.3. The Bertz CT molecular complexity index is 2000. The number of amides is 6. The second kappa shape index (κ2) is 26.7. The first-order valence-corrected chi connectivity index (χ1v) is 22.8. The lowest BCUT2D eigenvalue weighted by Crippen LogP contribution is -2.64. The molecule has 1 aliphatic rings. The first kappa shape index (κ1) is 59.2. The molecule has 1 unspecified atom stereocenters. The van der Waals surface area contributed by atoms with E-state index in [-0.39, 0.29) is 12.8 Å². The fourth-order valence-electron chi connectivity index (χ4n) is 7.21. The molecule has 6 N–H and O–H groups in total. The van der Waals surface area contributed by atoms with Crippen LogP contribution in [0, 0.1) is 11.8 Å². The van der Waals surface area contributed by atoms with Gasteiger partial charge in [0.15, 0.2) is 24.2 Å². The van der Waals surface area contributed by atoms with Gasteiger partial charge in [-0.2, -0.15) is 0 Å². The number of benzene rings is 1. The molecule has 0 aliphatic carbocycles. The van der Waals surface area contributed by atoms with Crippen LogP contribution in [0.15, 0.2) is 42.6 Å². The third kappa shape index (κ3) is 16.0. The van der Waals surface area contributed by atoms with E-state index in [1.54, 1.807) is 58.0 Å². The molecular formula is C47H73N7O15. The van der Waals surface area contributed by atoms with Crippen molar-refractivity contribution < 1.29 is 72.3 Å². The van der Waals surface area contributed by atoms with Crippen molar-refractivity contribution in [2.45, 2.75) is 155 Å². The Morgan fingerprint density at radius 3 is 2.00 bits per heavy atom. The zero-order valence-corrected chi connectivity index (χ0v) is 42.1. The number of hydrogen-bond acceptors (Lipinski definition) is 16. The number of carbonyl (C=O) groups is 9. The van der Waals surface area contributed by atoms with Crippen LogP contribution in [-0.4, -0.2) is 180 Å². The molecule has 6 amide bonds. The van der Waals surface area contributed by atoms with Gasteiger partial charge in [0.1, 0.15) is 30.2 Å². The summed E-state index contributed by atoms with van der Waals surface area (Å²) in [6, 6.07) is -0.905. The maximum absolute atomic E-state index is 15.0. The number of aliphatic hydroxyl groups excluding tert-OH is 2. The predicted octanol–water partition coefficient (Wildman–Crippen LogP) is -0.467. The molecule has 22 heteroatoms. The molecule has 386 valence electrons.